The average molecular weight is 333 g/mol. The number of carbonyl (C=O) groups excluding carboxylic acids is 1. The number of hydrogen-bond acceptors (Lipinski definition) is 4. The summed E-state index contributed by atoms with van der Waals surface area (Å²) >= 11 is 0. The molecule has 128 valence electrons. The lowest BCUT2D eigenvalue weighted by molar-refractivity contribution is -0.132. The number of benzene rings is 1. The fourth-order valence-corrected chi connectivity index (χ4v) is 2.81. The molecule has 0 radical (unpaired) electrons. The zero-order valence-corrected chi connectivity index (χ0v) is 13.5. The molecule has 3 rings (SSSR count). The van der Waals surface area contributed by atoms with E-state index in [0.717, 1.165) is 0 Å². The molecular weight excluding hydrogens is 313 g/mol. The fraction of sp³-hybridized carbons (Fsp3) is 0.412. The largest absolute Gasteiger partial charge is 0.490 e. The van der Waals surface area contributed by atoms with Crippen molar-refractivity contribution in [2.24, 2.45) is 0 Å². The second-order valence-corrected chi connectivity index (χ2v) is 5.93. The molecule has 1 aromatic heterocycles. The molecule has 0 N–H and O–H groups in total. The molecule has 1 amide bonds. The Bertz CT molecular complexity index is 692. The number of hydrogen-bond donors (Lipinski definition) is 0. The van der Waals surface area contributed by atoms with E-state index in [1.165, 1.54) is 12.1 Å². The number of methoxy groups -OCH3 is 1. The Morgan fingerprint density at radius 3 is 3.04 bits per heavy atom. The Kier molecular flexibility index (Phi) is 4.80. The molecule has 6 nitrogen and oxygen atoms in total. The predicted octanol–water partition coefficient (Wildman–Crippen LogP) is 1.72. The van der Waals surface area contributed by atoms with Gasteiger partial charge in [0.1, 0.15) is 30.3 Å². The molecule has 24 heavy (non-hydrogen) atoms. The van der Waals surface area contributed by atoms with Crippen LogP contribution < -0.4 is 4.74 Å². The minimum atomic E-state index is -0.573. The van der Waals surface area contributed by atoms with Crippen LogP contribution in [-0.4, -0.2) is 52.8 Å². The van der Waals surface area contributed by atoms with Crippen LogP contribution in [0, 0.1) is 5.82 Å². The van der Waals surface area contributed by atoms with Gasteiger partial charge in [0.25, 0.3) is 0 Å². The number of likely N-dealkylation sites (tertiary alicyclic amines) is 1. The van der Waals surface area contributed by atoms with Gasteiger partial charge in [-0.15, -0.1) is 0 Å². The Labute approximate surface area is 139 Å². The molecule has 0 spiro atoms. The minimum absolute atomic E-state index is 0.0117. The van der Waals surface area contributed by atoms with Crippen LogP contribution in [-0.2, 0) is 16.1 Å². The number of halogens is 1. The van der Waals surface area contributed by atoms with Gasteiger partial charge in [0.2, 0.25) is 5.91 Å². The Balaban J connectivity index is 1.59. The van der Waals surface area contributed by atoms with Gasteiger partial charge < -0.3 is 18.9 Å². The number of rotatable bonds is 6. The molecule has 1 aliphatic heterocycles. The van der Waals surface area contributed by atoms with Crippen molar-refractivity contribution in [3.8, 4) is 5.75 Å². The van der Waals surface area contributed by atoms with E-state index in [0.29, 0.717) is 25.3 Å². The molecule has 1 aliphatic rings. The highest BCUT2D eigenvalue weighted by molar-refractivity contribution is 5.76. The van der Waals surface area contributed by atoms with Gasteiger partial charge in [-0.2, -0.15) is 0 Å². The first kappa shape index (κ1) is 16.4. The van der Waals surface area contributed by atoms with Crippen molar-refractivity contribution in [3.05, 3.63) is 48.8 Å². The number of ether oxygens (including phenoxy) is 2. The van der Waals surface area contributed by atoms with Crippen molar-refractivity contribution in [3.63, 3.8) is 0 Å². The van der Waals surface area contributed by atoms with Crippen LogP contribution in [0.4, 0.5) is 4.39 Å². The molecular formula is C17H20FN3O3. The third-order valence-corrected chi connectivity index (χ3v) is 4.28. The van der Waals surface area contributed by atoms with Gasteiger partial charge in [-0.3, -0.25) is 4.79 Å². The van der Waals surface area contributed by atoms with Crippen molar-refractivity contribution in [1.82, 2.24) is 14.5 Å². The van der Waals surface area contributed by atoms with Gasteiger partial charge in [-0.25, -0.2) is 9.37 Å². The fourth-order valence-electron chi connectivity index (χ4n) is 2.81. The molecule has 1 aromatic carbocycles. The van der Waals surface area contributed by atoms with Crippen LogP contribution in [0.2, 0.25) is 0 Å². The number of nitrogens with zero attached hydrogens (tertiary/aromatic N) is 3. The van der Waals surface area contributed by atoms with Crippen molar-refractivity contribution in [2.75, 3.05) is 26.8 Å². The first-order chi connectivity index (χ1) is 11.6. The highest BCUT2D eigenvalue weighted by atomic mass is 19.1. The van der Waals surface area contributed by atoms with Crippen molar-refractivity contribution >= 4 is 5.91 Å². The molecule has 0 saturated carbocycles. The van der Waals surface area contributed by atoms with Crippen LogP contribution in [0.3, 0.4) is 0 Å². The molecule has 2 heterocycles. The lowest BCUT2D eigenvalue weighted by atomic mass is 10.0. The lowest BCUT2D eigenvalue weighted by Crippen LogP contribution is -2.43. The van der Waals surface area contributed by atoms with Gasteiger partial charge in [0.05, 0.1) is 12.9 Å². The number of imidazole rings is 1. The molecule has 1 fully saturated rings. The summed E-state index contributed by atoms with van der Waals surface area (Å²) in [6.07, 6.45) is 5.69. The summed E-state index contributed by atoms with van der Waals surface area (Å²) in [4.78, 5) is 18.1. The third kappa shape index (κ3) is 3.73. The van der Waals surface area contributed by atoms with Gasteiger partial charge in [-0.05, 0) is 18.6 Å². The van der Waals surface area contributed by atoms with E-state index >= 15 is 0 Å². The smallest absolute Gasteiger partial charge is 0.242 e. The SMILES string of the molecule is CO[C@]1(COc2cccc(F)c2)CCN(C(=O)Cn2ccnc2)C1. The molecule has 0 unspecified atom stereocenters. The van der Waals surface area contributed by atoms with Gasteiger partial charge in [-0.1, -0.05) is 6.07 Å². The highest BCUT2D eigenvalue weighted by Gasteiger charge is 2.41. The second-order valence-electron chi connectivity index (χ2n) is 5.93. The zero-order valence-electron chi connectivity index (χ0n) is 13.5. The van der Waals surface area contributed by atoms with E-state index in [-0.39, 0.29) is 24.9 Å². The van der Waals surface area contributed by atoms with E-state index < -0.39 is 5.60 Å². The predicted molar refractivity (Wildman–Crippen MR) is 85.1 cm³/mol. The normalized spacial score (nSPS) is 20.3. The summed E-state index contributed by atoms with van der Waals surface area (Å²) in [5.41, 5.74) is -0.573. The molecule has 1 saturated heterocycles. The average Bonchev–Trinajstić information content (AvgIpc) is 3.23. The molecule has 1 atom stereocenters. The van der Waals surface area contributed by atoms with E-state index in [4.69, 9.17) is 9.47 Å². The number of amides is 1. The molecule has 7 heteroatoms. The van der Waals surface area contributed by atoms with E-state index in [1.54, 1.807) is 47.4 Å². The third-order valence-electron chi connectivity index (χ3n) is 4.28. The first-order valence-corrected chi connectivity index (χ1v) is 7.77. The Morgan fingerprint density at radius 1 is 1.46 bits per heavy atom. The lowest BCUT2D eigenvalue weighted by Gasteiger charge is -2.28. The van der Waals surface area contributed by atoms with Crippen molar-refractivity contribution in [2.45, 2.75) is 18.6 Å². The molecule has 2 aromatic rings. The summed E-state index contributed by atoms with van der Waals surface area (Å²) in [6, 6.07) is 5.99. The quantitative estimate of drug-likeness (QED) is 0.808. The van der Waals surface area contributed by atoms with Crippen molar-refractivity contribution < 1.29 is 18.7 Å². The standard InChI is InChI=1S/C17H20FN3O3/c1-23-17(12-24-15-4-2-3-14(18)9-15)5-7-21(11-17)16(22)10-20-8-6-19-13-20/h2-4,6,8-9,13H,5,7,10-12H2,1H3/t17-/m1/s1. The van der Waals surface area contributed by atoms with Crippen LogP contribution in [0.25, 0.3) is 0 Å². The Hall–Kier alpha value is -2.41. The van der Waals surface area contributed by atoms with E-state index in [2.05, 4.69) is 4.98 Å². The van der Waals surface area contributed by atoms with Crippen LogP contribution in [0.5, 0.6) is 5.75 Å². The highest BCUT2D eigenvalue weighted by Crippen LogP contribution is 2.26. The van der Waals surface area contributed by atoms with Crippen molar-refractivity contribution in [1.29, 1.82) is 0 Å². The van der Waals surface area contributed by atoms with Crippen LogP contribution in [0.1, 0.15) is 6.42 Å². The topological polar surface area (TPSA) is 56.6 Å². The first-order valence-electron chi connectivity index (χ1n) is 7.77. The summed E-state index contributed by atoms with van der Waals surface area (Å²) in [6.45, 7) is 1.58. The minimum Gasteiger partial charge on any atom is -0.490 e. The molecule has 0 aliphatic carbocycles. The zero-order chi connectivity index (χ0) is 17.0. The van der Waals surface area contributed by atoms with Gasteiger partial charge in [0.15, 0.2) is 0 Å². The maximum Gasteiger partial charge on any atom is 0.242 e. The van der Waals surface area contributed by atoms with Gasteiger partial charge in [0, 0.05) is 32.1 Å². The summed E-state index contributed by atoms with van der Waals surface area (Å²) in [7, 11) is 1.61. The Morgan fingerprint density at radius 2 is 2.33 bits per heavy atom. The second kappa shape index (κ2) is 7.00. The maximum absolute atomic E-state index is 13.2. The summed E-state index contributed by atoms with van der Waals surface area (Å²) < 4.78 is 26.3. The summed E-state index contributed by atoms with van der Waals surface area (Å²) in [5, 5.41) is 0. The summed E-state index contributed by atoms with van der Waals surface area (Å²) in [5.74, 6) is 0.120. The monoisotopic (exact) mass is 333 g/mol. The van der Waals surface area contributed by atoms with Crippen LogP contribution >= 0.6 is 0 Å². The number of aromatic nitrogens is 2. The molecule has 0 bridgehead atoms. The number of carbonyl (C=O) groups is 1. The maximum atomic E-state index is 13.2. The van der Waals surface area contributed by atoms with E-state index in [9.17, 15) is 9.18 Å². The van der Waals surface area contributed by atoms with Crippen LogP contribution in [0.15, 0.2) is 43.0 Å². The van der Waals surface area contributed by atoms with Gasteiger partial charge >= 0.3 is 0 Å². The van der Waals surface area contributed by atoms with E-state index in [1.807, 2.05) is 0 Å².